The summed E-state index contributed by atoms with van der Waals surface area (Å²) >= 11 is -2.00. The second-order valence-corrected chi connectivity index (χ2v) is 8.47. The molecule has 6 nitrogen and oxygen atoms in total. The predicted molar refractivity (Wildman–Crippen MR) is 125 cm³/mol. The van der Waals surface area contributed by atoms with Crippen molar-refractivity contribution in [3.63, 3.8) is 0 Å². The van der Waals surface area contributed by atoms with E-state index in [0.717, 1.165) is 17.8 Å². The second kappa shape index (κ2) is 9.32. The number of imidazole rings is 1. The molecule has 0 saturated heterocycles. The molecule has 0 saturated carbocycles. The fourth-order valence-corrected chi connectivity index (χ4v) is 4.12. The molecule has 3 N–H and O–H groups in total. The molecule has 4 rings (SSSR count). The number of aromatic hydroxyl groups is 1. The molecule has 0 aliphatic carbocycles. The van der Waals surface area contributed by atoms with Gasteiger partial charge in [0.1, 0.15) is 5.75 Å². The summed E-state index contributed by atoms with van der Waals surface area (Å²) in [5.74, 6) is -0.0348. The molecule has 0 radical (unpaired) electrons. The number of aromatic nitrogens is 2. The van der Waals surface area contributed by atoms with Crippen molar-refractivity contribution in [2.75, 3.05) is 12.4 Å². The van der Waals surface area contributed by atoms with Crippen LogP contribution < -0.4 is 5.32 Å². The van der Waals surface area contributed by atoms with Gasteiger partial charge in [-0.25, -0.2) is 9.19 Å². The van der Waals surface area contributed by atoms with E-state index in [9.17, 15) is 27.0 Å². The molecule has 3 aromatic carbocycles. The van der Waals surface area contributed by atoms with E-state index >= 15 is 0 Å². The summed E-state index contributed by atoms with van der Waals surface area (Å²) in [5, 5.41) is 12.6. The minimum absolute atomic E-state index is 0.00448. The fraction of sp³-hybridized carbons (Fsp3) is 0.125. The Balaban J connectivity index is 1.82. The summed E-state index contributed by atoms with van der Waals surface area (Å²) in [6, 6.07) is 14.6. The number of alkyl halides is 3. The van der Waals surface area contributed by atoms with Gasteiger partial charge in [0.05, 0.1) is 34.7 Å². The monoisotopic (exact) mass is 487 g/mol. The van der Waals surface area contributed by atoms with Crippen molar-refractivity contribution in [2.45, 2.75) is 11.9 Å². The highest BCUT2D eigenvalue weighted by molar-refractivity contribution is 7.78. The van der Waals surface area contributed by atoms with Crippen molar-refractivity contribution in [2.24, 2.45) is 0 Å². The molecule has 0 amide bonds. The van der Waals surface area contributed by atoms with Crippen LogP contribution in [-0.2, 0) is 23.0 Å². The van der Waals surface area contributed by atoms with Gasteiger partial charge >= 0.3 is 6.18 Å². The minimum Gasteiger partial charge on any atom is -0.508 e. The van der Waals surface area contributed by atoms with Crippen LogP contribution in [-0.4, -0.2) is 30.5 Å². The maximum Gasteiger partial charge on any atom is 0.416 e. The van der Waals surface area contributed by atoms with Crippen molar-refractivity contribution >= 4 is 16.8 Å². The Morgan fingerprint density at radius 1 is 1.03 bits per heavy atom. The second-order valence-electron chi connectivity index (χ2n) is 7.54. The van der Waals surface area contributed by atoms with E-state index in [1.165, 1.54) is 24.5 Å². The molecule has 34 heavy (non-hydrogen) atoms. The average Bonchev–Trinajstić information content (AvgIpc) is 3.28. The first-order valence-corrected chi connectivity index (χ1v) is 11.4. The Hall–Kier alpha value is -3.63. The van der Waals surface area contributed by atoms with E-state index in [1.54, 1.807) is 48.1 Å². The smallest absolute Gasteiger partial charge is 0.416 e. The fourth-order valence-electron chi connectivity index (χ4n) is 3.65. The molecular weight excluding hydrogens is 467 g/mol. The molecule has 0 bridgehead atoms. The SMILES string of the molecule is CNc1ccc(CS(=O)O)cc1-n1cnc(-c2ccc(C(F)(F)F)cc2-c2ccc(O)cc2)c1. The Kier molecular flexibility index (Phi) is 6.45. The van der Waals surface area contributed by atoms with Crippen molar-refractivity contribution < 1.29 is 27.0 Å². The van der Waals surface area contributed by atoms with Gasteiger partial charge in [-0.1, -0.05) is 24.3 Å². The van der Waals surface area contributed by atoms with Gasteiger partial charge in [-0.2, -0.15) is 13.2 Å². The van der Waals surface area contributed by atoms with Gasteiger partial charge in [0, 0.05) is 18.8 Å². The lowest BCUT2D eigenvalue weighted by molar-refractivity contribution is -0.137. The highest BCUT2D eigenvalue weighted by Crippen LogP contribution is 2.38. The van der Waals surface area contributed by atoms with E-state index in [1.807, 2.05) is 0 Å². The molecule has 0 aliphatic rings. The molecule has 0 spiro atoms. The normalized spacial score (nSPS) is 12.5. The Bertz CT molecular complexity index is 1350. The van der Waals surface area contributed by atoms with Gasteiger partial charge in [-0.05, 0) is 53.1 Å². The average molecular weight is 488 g/mol. The Morgan fingerprint density at radius 3 is 2.41 bits per heavy atom. The molecule has 1 aromatic heterocycles. The lowest BCUT2D eigenvalue weighted by Gasteiger charge is -2.13. The molecule has 1 atom stereocenters. The highest BCUT2D eigenvalue weighted by atomic mass is 32.2. The standard InChI is InChI=1S/C24H20F3N3O3S/c1-28-21-9-2-15(13-34(32)33)10-23(21)30-12-22(29-14-30)19-8-5-17(24(25,26)27)11-20(19)16-3-6-18(31)7-4-16/h2-12,14,28,31H,13H2,1H3,(H,32,33). The van der Waals surface area contributed by atoms with Crippen molar-refractivity contribution in [1.82, 2.24) is 9.55 Å². The number of phenols is 1. The summed E-state index contributed by atoms with van der Waals surface area (Å²) in [6.07, 6.45) is -1.30. The number of nitrogens with one attached hydrogen (secondary N) is 1. The van der Waals surface area contributed by atoms with E-state index in [0.29, 0.717) is 33.6 Å². The van der Waals surface area contributed by atoms with Crippen LogP contribution in [0.5, 0.6) is 5.75 Å². The largest absolute Gasteiger partial charge is 0.508 e. The van der Waals surface area contributed by atoms with Gasteiger partial charge in [-0.3, -0.25) is 0 Å². The molecule has 4 aromatic rings. The van der Waals surface area contributed by atoms with E-state index in [-0.39, 0.29) is 11.5 Å². The number of anilines is 1. The van der Waals surface area contributed by atoms with Crippen LogP contribution in [0.2, 0.25) is 0 Å². The molecule has 1 unspecified atom stereocenters. The first kappa shape index (κ1) is 23.5. The predicted octanol–water partition coefficient (Wildman–Crippen LogP) is 5.69. The molecule has 176 valence electrons. The maximum absolute atomic E-state index is 13.4. The third-order valence-electron chi connectivity index (χ3n) is 5.28. The summed E-state index contributed by atoms with van der Waals surface area (Å²) in [4.78, 5) is 4.42. The van der Waals surface area contributed by atoms with Crippen LogP contribution in [0.15, 0.2) is 73.2 Å². The lowest BCUT2D eigenvalue weighted by Crippen LogP contribution is -2.05. The lowest BCUT2D eigenvalue weighted by atomic mass is 9.95. The number of hydrogen-bond acceptors (Lipinski definition) is 4. The molecular formula is C24H20F3N3O3S. The Labute approximate surface area is 196 Å². The number of hydrogen-bond donors (Lipinski definition) is 3. The van der Waals surface area contributed by atoms with E-state index in [4.69, 9.17) is 0 Å². The van der Waals surface area contributed by atoms with Gasteiger partial charge < -0.3 is 19.5 Å². The van der Waals surface area contributed by atoms with Gasteiger partial charge in [0.25, 0.3) is 0 Å². The zero-order valence-electron chi connectivity index (χ0n) is 17.9. The summed E-state index contributed by atoms with van der Waals surface area (Å²) in [6.45, 7) is 0. The third-order valence-corrected chi connectivity index (χ3v) is 5.86. The minimum atomic E-state index is -4.52. The van der Waals surface area contributed by atoms with Crippen LogP contribution in [0, 0.1) is 0 Å². The highest BCUT2D eigenvalue weighted by Gasteiger charge is 2.31. The first-order valence-electron chi connectivity index (χ1n) is 10.1. The Morgan fingerprint density at radius 2 is 1.76 bits per heavy atom. The van der Waals surface area contributed by atoms with Gasteiger partial charge in [-0.15, -0.1) is 0 Å². The van der Waals surface area contributed by atoms with Gasteiger partial charge in [0.2, 0.25) is 0 Å². The summed E-state index contributed by atoms with van der Waals surface area (Å²) in [5.41, 5.74) is 3.00. The third kappa shape index (κ3) is 4.97. The topological polar surface area (TPSA) is 87.4 Å². The molecule has 10 heteroatoms. The number of phenolic OH excluding ortho intramolecular Hbond substituents is 1. The summed E-state index contributed by atoms with van der Waals surface area (Å²) in [7, 11) is 1.74. The molecule has 0 aliphatic heterocycles. The number of halogens is 3. The number of benzene rings is 3. The van der Waals surface area contributed by atoms with Crippen molar-refractivity contribution in [1.29, 1.82) is 0 Å². The first-order chi connectivity index (χ1) is 16.2. The van der Waals surface area contributed by atoms with E-state index < -0.39 is 22.8 Å². The molecule has 1 heterocycles. The number of rotatable bonds is 6. The van der Waals surface area contributed by atoms with Crippen LogP contribution in [0.4, 0.5) is 18.9 Å². The van der Waals surface area contributed by atoms with Crippen molar-refractivity contribution in [3.8, 4) is 33.8 Å². The van der Waals surface area contributed by atoms with Crippen LogP contribution >= 0.6 is 0 Å². The van der Waals surface area contributed by atoms with Gasteiger partial charge in [0.15, 0.2) is 11.1 Å². The van der Waals surface area contributed by atoms with Crippen LogP contribution in [0.25, 0.3) is 28.1 Å². The zero-order valence-corrected chi connectivity index (χ0v) is 18.7. The summed E-state index contributed by atoms with van der Waals surface area (Å²) < 4.78 is 62.4. The molecule has 0 fully saturated rings. The van der Waals surface area contributed by atoms with E-state index in [2.05, 4.69) is 10.3 Å². The maximum atomic E-state index is 13.4. The zero-order chi connectivity index (χ0) is 24.5. The van der Waals surface area contributed by atoms with Crippen molar-refractivity contribution in [3.05, 3.63) is 84.3 Å². The number of nitrogens with zero attached hydrogens (tertiary/aromatic N) is 2. The quantitative estimate of drug-likeness (QED) is 0.304. The van der Waals surface area contributed by atoms with Crippen LogP contribution in [0.3, 0.4) is 0 Å². The van der Waals surface area contributed by atoms with Crippen LogP contribution in [0.1, 0.15) is 11.1 Å².